The van der Waals surface area contributed by atoms with Gasteiger partial charge in [-0.15, -0.1) is 11.3 Å². The largest absolute Gasteiger partial charge is 0.497 e. The first-order valence-corrected chi connectivity index (χ1v) is 11.6. The van der Waals surface area contributed by atoms with Crippen LogP contribution >= 0.6 is 11.3 Å². The lowest BCUT2D eigenvalue weighted by molar-refractivity contribution is 0.415. The van der Waals surface area contributed by atoms with E-state index in [-0.39, 0.29) is 5.75 Å². The van der Waals surface area contributed by atoms with Gasteiger partial charge in [0.1, 0.15) is 10.8 Å². The van der Waals surface area contributed by atoms with Crippen molar-refractivity contribution < 1.29 is 13.2 Å². The van der Waals surface area contributed by atoms with Gasteiger partial charge >= 0.3 is 0 Å². The van der Waals surface area contributed by atoms with Crippen LogP contribution in [0.3, 0.4) is 0 Å². The summed E-state index contributed by atoms with van der Waals surface area (Å²) in [6.07, 6.45) is 0.476. The maximum Gasteiger partial charge on any atom is 0.233 e. The number of hydrogen-bond donors (Lipinski definition) is 1. The summed E-state index contributed by atoms with van der Waals surface area (Å²) in [5.41, 5.74) is 3.40. The number of rotatable bonds is 7. The van der Waals surface area contributed by atoms with Crippen molar-refractivity contribution in [3.8, 4) is 16.3 Å². The Bertz CT molecular complexity index is 1220. The molecule has 0 aliphatic heterocycles. The molecule has 4 aromatic rings. The van der Waals surface area contributed by atoms with Crippen LogP contribution in [0.15, 0.2) is 72.8 Å². The second-order valence-corrected chi connectivity index (χ2v) is 9.46. The summed E-state index contributed by atoms with van der Waals surface area (Å²) in [5, 5.41) is 0.881. The number of aryl methyl sites for hydroxylation is 1. The third kappa shape index (κ3) is 4.75. The Labute approximate surface area is 174 Å². The van der Waals surface area contributed by atoms with Crippen LogP contribution in [0.5, 0.6) is 5.75 Å². The normalized spacial score (nSPS) is 11.5. The number of ether oxygens (including phenoxy) is 1. The number of sulfonamides is 1. The molecule has 4 rings (SSSR count). The molecule has 5 nitrogen and oxygen atoms in total. The van der Waals surface area contributed by atoms with Gasteiger partial charge in [-0.05, 0) is 54.4 Å². The molecule has 1 N–H and O–H groups in total. The van der Waals surface area contributed by atoms with Gasteiger partial charge in [0.05, 0.1) is 23.1 Å². The minimum absolute atomic E-state index is 0.0401. The van der Waals surface area contributed by atoms with E-state index >= 15 is 0 Å². The molecule has 0 radical (unpaired) electrons. The smallest absolute Gasteiger partial charge is 0.233 e. The summed E-state index contributed by atoms with van der Waals surface area (Å²) >= 11 is 1.57. The zero-order chi connectivity index (χ0) is 20.3. The molecule has 0 bridgehead atoms. The van der Waals surface area contributed by atoms with E-state index < -0.39 is 10.0 Å². The van der Waals surface area contributed by atoms with E-state index in [9.17, 15) is 8.42 Å². The molecule has 0 fully saturated rings. The lowest BCUT2D eigenvalue weighted by Crippen LogP contribution is -2.18. The number of anilines is 1. The van der Waals surface area contributed by atoms with Crippen molar-refractivity contribution in [1.82, 2.24) is 4.98 Å². The summed E-state index contributed by atoms with van der Waals surface area (Å²) in [7, 11) is -1.77. The van der Waals surface area contributed by atoms with Crippen molar-refractivity contribution in [2.75, 3.05) is 17.6 Å². The van der Waals surface area contributed by atoms with Gasteiger partial charge in [0.15, 0.2) is 0 Å². The molecular formula is C22H20N2O3S2. The highest BCUT2D eigenvalue weighted by Gasteiger charge is 2.12. The molecular weight excluding hydrogens is 404 g/mol. The standard InChI is InChI=1S/C22H20N2O3S2/c1-27-19-11-12-20-21(15-19)28-22(23-20)17-7-9-18(10-8-17)24-29(25,26)14-13-16-5-3-2-4-6-16/h2-12,15,24H,13-14H2,1H3. The average Bonchev–Trinajstić information content (AvgIpc) is 3.16. The number of aromatic nitrogens is 1. The number of nitrogens with one attached hydrogen (secondary N) is 1. The van der Waals surface area contributed by atoms with Crippen LogP contribution in [0.4, 0.5) is 5.69 Å². The Morgan fingerprint density at radius 1 is 1.00 bits per heavy atom. The molecule has 0 atom stereocenters. The molecule has 3 aromatic carbocycles. The molecule has 29 heavy (non-hydrogen) atoms. The molecule has 0 aliphatic rings. The van der Waals surface area contributed by atoms with Gasteiger partial charge in [0.2, 0.25) is 10.0 Å². The fourth-order valence-electron chi connectivity index (χ4n) is 2.96. The molecule has 0 spiro atoms. The number of nitrogens with zero attached hydrogens (tertiary/aromatic N) is 1. The second kappa shape index (κ2) is 8.23. The van der Waals surface area contributed by atoms with Crippen LogP contribution in [-0.2, 0) is 16.4 Å². The Morgan fingerprint density at radius 3 is 2.48 bits per heavy atom. The lowest BCUT2D eigenvalue weighted by atomic mass is 10.2. The van der Waals surface area contributed by atoms with Crippen molar-refractivity contribution in [1.29, 1.82) is 0 Å². The van der Waals surface area contributed by atoms with E-state index in [0.29, 0.717) is 12.1 Å². The highest BCUT2D eigenvalue weighted by Crippen LogP contribution is 2.32. The fraction of sp³-hybridized carbons (Fsp3) is 0.136. The monoisotopic (exact) mass is 424 g/mol. The Balaban J connectivity index is 1.46. The van der Waals surface area contributed by atoms with Crippen molar-refractivity contribution in [2.45, 2.75) is 6.42 Å². The molecule has 1 aromatic heterocycles. The Morgan fingerprint density at radius 2 is 1.76 bits per heavy atom. The maximum absolute atomic E-state index is 12.4. The number of methoxy groups -OCH3 is 1. The van der Waals surface area contributed by atoms with Gasteiger partial charge in [0, 0.05) is 11.3 Å². The van der Waals surface area contributed by atoms with E-state index in [1.165, 1.54) is 0 Å². The van der Waals surface area contributed by atoms with Gasteiger partial charge in [-0.25, -0.2) is 13.4 Å². The summed E-state index contributed by atoms with van der Waals surface area (Å²) < 4.78 is 33.7. The summed E-state index contributed by atoms with van der Waals surface area (Å²) in [5.74, 6) is 0.839. The van der Waals surface area contributed by atoms with Gasteiger partial charge in [0.25, 0.3) is 0 Å². The predicted octanol–water partition coefficient (Wildman–Crippen LogP) is 4.96. The SMILES string of the molecule is COc1ccc2nc(-c3ccc(NS(=O)(=O)CCc4ccccc4)cc3)sc2c1. The summed E-state index contributed by atoms with van der Waals surface area (Å²) in [6.45, 7) is 0. The predicted molar refractivity (Wildman–Crippen MR) is 119 cm³/mol. The molecule has 0 unspecified atom stereocenters. The van der Waals surface area contributed by atoms with E-state index in [0.717, 1.165) is 32.1 Å². The Kier molecular flexibility index (Phi) is 5.51. The molecule has 0 saturated carbocycles. The first-order valence-electron chi connectivity index (χ1n) is 9.12. The minimum Gasteiger partial charge on any atom is -0.497 e. The topological polar surface area (TPSA) is 68.3 Å². The maximum atomic E-state index is 12.4. The van der Waals surface area contributed by atoms with Crippen LogP contribution in [0.25, 0.3) is 20.8 Å². The molecule has 1 heterocycles. The van der Waals surface area contributed by atoms with Gasteiger partial charge < -0.3 is 4.74 Å². The second-order valence-electron chi connectivity index (χ2n) is 6.59. The van der Waals surface area contributed by atoms with Crippen molar-refractivity contribution in [2.24, 2.45) is 0 Å². The third-order valence-corrected chi connectivity index (χ3v) is 6.86. The third-order valence-electron chi connectivity index (χ3n) is 4.50. The first kappa shape index (κ1) is 19.4. The number of thiazole rings is 1. The molecule has 7 heteroatoms. The van der Waals surface area contributed by atoms with Crippen LogP contribution < -0.4 is 9.46 Å². The van der Waals surface area contributed by atoms with Crippen LogP contribution in [0, 0.1) is 0 Å². The Hall–Kier alpha value is -2.90. The van der Waals surface area contributed by atoms with Crippen molar-refractivity contribution in [3.63, 3.8) is 0 Å². The highest BCUT2D eigenvalue weighted by molar-refractivity contribution is 7.92. The zero-order valence-electron chi connectivity index (χ0n) is 15.8. The van der Waals surface area contributed by atoms with Gasteiger partial charge in [-0.3, -0.25) is 4.72 Å². The van der Waals surface area contributed by atoms with Gasteiger partial charge in [-0.2, -0.15) is 0 Å². The van der Waals surface area contributed by atoms with Crippen LogP contribution in [-0.4, -0.2) is 26.3 Å². The van der Waals surface area contributed by atoms with Crippen molar-refractivity contribution >= 4 is 37.3 Å². The summed E-state index contributed by atoms with van der Waals surface area (Å²) in [4.78, 5) is 4.65. The fourth-order valence-corrected chi connectivity index (χ4v) is 5.06. The molecule has 148 valence electrons. The quantitative estimate of drug-likeness (QED) is 0.455. The number of fused-ring (bicyclic) bond motifs is 1. The van der Waals surface area contributed by atoms with E-state index in [2.05, 4.69) is 9.71 Å². The zero-order valence-corrected chi connectivity index (χ0v) is 17.5. The van der Waals surface area contributed by atoms with Crippen LogP contribution in [0.2, 0.25) is 0 Å². The summed E-state index contributed by atoms with van der Waals surface area (Å²) in [6, 6.07) is 22.7. The van der Waals surface area contributed by atoms with Crippen LogP contribution in [0.1, 0.15) is 5.56 Å². The van der Waals surface area contributed by atoms with Gasteiger partial charge in [-0.1, -0.05) is 30.3 Å². The molecule has 0 aliphatic carbocycles. The highest BCUT2D eigenvalue weighted by atomic mass is 32.2. The first-order chi connectivity index (χ1) is 14.0. The van der Waals surface area contributed by atoms with E-state index in [1.54, 1.807) is 30.6 Å². The lowest BCUT2D eigenvalue weighted by Gasteiger charge is -2.08. The molecule has 0 saturated heterocycles. The van der Waals surface area contributed by atoms with E-state index in [1.807, 2.05) is 60.7 Å². The minimum atomic E-state index is -3.42. The average molecular weight is 425 g/mol. The molecule has 0 amide bonds. The number of benzene rings is 3. The number of hydrogen-bond acceptors (Lipinski definition) is 5. The van der Waals surface area contributed by atoms with Crippen molar-refractivity contribution in [3.05, 3.63) is 78.4 Å². The van der Waals surface area contributed by atoms with E-state index in [4.69, 9.17) is 4.74 Å².